The number of H-pyrrole nitrogens is 1. The van der Waals surface area contributed by atoms with E-state index in [2.05, 4.69) is 36.1 Å². The second-order valence-corrected chi connectivity index (χ2v) is 4.04. The van der Waals surface area contributed by atoms with Crippen LogP contribution in [0.4, 0.5) is 11.5 Å². The van der Waals surface area contributed by atoms with Crippen LogP contribution in [0, 0.1) is 0 Å². The van der Waals surface area contributed by atoms with Crippen LogP contribution < -0.4 is 5.32 Å². The van der Waals surface area contributed by atoms with Gasteiger partial charge in [-0.15, -0.1) is 14.8 Å². The molecule has 0 amide bonds. The van der Waals surface area contributed by atoms with Gasteiger partial charge in [-0.1, -0.05) is 0 Å². The van der Waals surface area contributed by atoms with E-state index in [1.165, 1.54) is 4.63 Å². The van der Waals surface area contributed by atoms with E-state index >= 15 is 0 Å². The normalized spacial score (nSPS) is 11.2. The maximum Gasteiger partial charge on any atom is 0.200 e. The van der Waals surface area contributed by atoms with E-state index in [1.54, 1.807) is 12.3 Å². The van der Waals surface area contributed by atoms with Crippen molar-refractivity contribution in [2.24, 2.45) is 0 Å². The highest BCUT2D eigenvalue weighted by Crippen LogP contribution is 2.19. The largest absolute Gasteiger partial charge is 0.339 e. The molecule has 3 heterocycles. The highest BCUT2D eigenvalue weighted by molar-refractivity contribution is 5.82. The van der Waals surface area contributed by atoms with Crippen LogP contribution in [0.1, 0.15) is 0 Å². The Kier molecular flexibility index (Phi) is 1.95. The molecule has 3 aromatic heterocycles. The summed E-state index contributed by atoms with van der Waals surface area (Å²) in [6, 6.07) is 9.53. The first-order valence-electron chi connectivity index (χ1n) is 5.64. The quantitative estimate of drug-likeness (QED) is 0.555. The lowest BCUT2D eigenvalue weighted by molar-refractivity contribution is 0.736. The van der Waals surface area contributed by atoms with Crippen LogP contribution in [0.3, 0.4) is 0 Å². The summed E-state index contributed by atoms with van der Waals surface area (Å²) in [5, 5.41) is 26.5. The van der Waals surface area contributed by atoms with Crippen molar-refractivity contribution in [3.8, 4) is 0 Å². The number of rotatable bonds is 2. The molecule has 0 bridgehead atoms. The van der Waals surface area contributed by atoms with Gasteiger partial charge in [0.15, 0.2) is 11.5 Å². The third kappa shape index (κ3) is 1.66. The SMILES string of the molecule is c1cc2cn[nH]c2cc1Nc1ccc2nnnn2n1. The van der Waals surface area contributed by atoms with E-state index in [0.29, 0.717) is 11.5 Å². The van der Waals surface area contributed by atoms with Crippen molar-refractivity contribution < 1.29 is 0 Å². The average Bonchev–Trinajstić information content (AvgIpc) is 3.05. The summed E-state index contributed by atoms with van der Waals surface area (Å²) in [6.45, 7) is 0. The molecule has 0 spiro atoms. The molecule has 0 saturated carbocycles. The monoisotopic (exact) mass is 252 g/mol. The summed E-state index contributed by atoms with van der Waals surface area (Å²) in [4.78, 5) is 0. The third-order valence-electron chi connectivity index (χ3n) is 2.78. The predicted octanol–water partition coefficient (Wildman–Crippen LogP) is 1.14. The summed E-state index contributed by atoms with van der Waals surface area (Å²) >= 11 is 0. The first-order valence-corrected chi connectivity index (χ1v) is 5.64. The van der Waals surface area contributed by atoms with Crippen LogP contribution in [0.25, 0.3) is 16.6 Å². The van der Waals surface area contributed by atoms with Crippen LogP contribution in [-0.2, 0) is 0 Å². The summed E-state index contributed by atoms with van der Waals surface area (Å²) in [7, 11) is 0. The van der Waals surface area contributed by atoms with Gasteiger partial charge in [-0.3, -0.25) is 5.10 Å². The smallest absolute Gasteiger partial charge is 0.200 e. The van der Waals surface area contributed by atoms with Crippen LogP contribution in [0.15, 0.2) is 36.5 Å². The van der Waals surface area contributed by atoms with Gasteiger partial charge in [0.05, 0.1) is 11.7 Å². The zero-order chi connectivity index (χ0) is 12.7. The van der Waals surface area contributed by atoms with E-state index < -0.39 is 0 Å². The van der Waals surface area contributed by atoms with Gasteiger partial charge in [0.1, 0.15) is 0 Å². The number of aromatic amines is 1. The Bertz CT molecular complexity index is 789. The molecule has 2 N–H and O–H groups in total. The van der Waals surface area contributed by atoms with Crippen LogP contribution in [-0.4, -0.2) is 35.5 Å². The Morgan fingerprint density at radius 2 is 2.16 bits per heavy atom. The van der Waals surface area contributed by atoms with E-state index in [-0.39, 0.29) is 0 Å². The summed E-state index contributed by atoms with van der Waals surface area (Å²) in [5.41, 5.74) is 2.49. The molecule has 0 aliphatic carbocycles. The first-order chi connectivity index (χ1) is 9.38. The van der Waals surface area contributed by atoms with Crippen molar-refractivity contribution in [2.45, 2.75) is 0 Å². The van der Waals surface area contributed by atoms with Gasteiger partial charge in [-0.25, -0.2) is 0 Å². The molecule has 0 saturated heterocycles. The number of aromatic nitrogens is 7. The van der Waals surface area contributed by atoms with Crippen molar-refractivity contribution in [3.63, 3.8) is 0 Å². The number of anilines is 2. The molecule has 1 aromatic carbocycles. The van der Waals surface area contributed by atoms with E-state index in [1.807, 2.05) is 24.3 Å². The molecule has 4 rings (SSSR count). The van der Waals surface area contributed by atoms with E-state index in [9.17, 15) is 0 Å². The number of nitrogens with zero attached hydrogens (tertiary/aromatic N) is 6. The number of hydrogen-bond donors (Lipinski definition) is 2. The van der Waals surface area contributed by atoms with Gasteiger partial charge >= 0.3 is 0 Å². The van der Waals surface area contributed by atoms with Gasteiger partial charge in [0.25, 0.3) is 0 Å². The zero-order valence-corrected chi connectivity index (χ0v) is 9.65. The Balaban J connectivity index is 1.72. The average molecular weight is 252 g/mol. The fourth-order valence-electron chi connectivity index (χ4n) is 1.88. The molecular formula is C11H8N8. The Labute approximate surface area is 106 Å². The standard InChI is InChI=1S/C11H8N8/c1-2-8(5-9-7(1)6-12-14-9)13-10-3-4-11-15-17-18-19(11)16-10/h1-6H,(H,12,14)(H,13,16). The maximum absolute atomic E-state index is 4.24. The minimum Gasteiger partial charge on any atom is -0.339 e. The predicted molar refractivity (Wildman–Crippen MR) is 68.0 cm³/mol. The molecule has 0 unspecified atom stereocenters. The summed E-state index contributed by atoms with van der Waals surface area (Å²) in [5.74, 6) is 0.665. The number of benzene rings is 1. The molecule has 19 heavy (non-hydrogen) atoms. The lowest BCUT2D eigenvalue weighted by atomic mass is 10.2. The zero-order valence-electron chi connectivity index (χ0n) is 9.65. The van der Waals surface area contributed by atoms with Crippen molar-refractivity contribution in [3.05, 3.63) is 36.5 Å². The third-order valence-corrected chi connectivity index (χ3v) is 2.78. The molecule has 0 fully saturated rings. The van der Waals surface area contributed by atoms with Crippen molar-refractivity contribution in [1.29, 1.82) is 0 Å². The molecule has 0 aliphatic rings. The van der Waals surface area contributed by atoms with Crippen molar-refractivity contribution in [2.75, 3.05) is 5.32 Å². The molecule has 8 nitrogen and oxygen atoms in total. The lowest BCUT2D eigenvalue weighted by Gasteiger charge is -2.04. The van der Waals surface area contributed by atoms with E-state index in [0.717, 1.165) is 16.6 Å². The first kappa shape index (κ1) is 9.95. The van der Waals surface area contributed by atoms with Crippen molar-refractivity contribution in [1.82, 2.24) is 35.5 Å². The van der Waals surface area contributed by atoms with Gasteiger partial charge < -0.3 is 5.32 Å². The van der Waals surface area contributed by atoms with Gasteiger partial charge in [0, 0.05) is 11.1 Å². The second-order valence-electron chi connectivity index (χ2n) is 4.04. The topological polar surface area (TPSA) is 96.7 Å². The minimum atomic E-state index is 0.606. The fourth-order valence-corrected chi connectivity index (χ4v) is 1.88. The Morgan fingerprint density at radius 3 is 3.16 bits per heavy atom. The van der Waals surface area contributed by atoms with Crippen molar-refractivity contribution >= 4 is 28.1 Å². The molecular weight excluding hydrogens is 244 g/mol. The lowest BCUT2D eigenvalue weighted by Crippen LogP contribution is -2.00. The van der Waals surface area contributed by atoms with Crippen LogP contribution in [0.2, 0.25) is 0 Å². The van der Waals surface area contributed by atoms with E-state index in [4.69, 9.17) is 0 Å². The Morgan fingerprint density at radius 1 is 1.16 bits per heavy atom. The number of fused-ring (bicyclic) bond motifs is 2. The van der Waals surface area contributed by atoms with Crippen LogP contribution in [0.5, 0.6) is 0 Å². The number of hydrogen-bond acceptors (Lipinski definition) is 6. The second kappa shape index (κ2) is 3.73. The van der Waals surface area contributed by atoms with Crippen LogP contribution >= 0.6 is 0 Å². The fraction of sp³-hybridized carbons (Fsp3) is 0. The molecule has 92 valence electrons. The Hall–Kier alpha value is -3.03. The summed E-state index contributed by atoms with van der Waals surface area (Å²) < 4.78 is 1.37. The highest BCUT2D eigenvalue weighted by Gasteiger charge is 2.02. The van der Waals surface area contributed by atoms with Gasteiger partial charge in [-0.05, 0) is 40.8 Å². The molecule has 8 heteroatoms. The highest BCUT2D eigenvalue weighted by atomic mass is 15.6. The number of tetrazole rings is 1. The molecule has 0 aliphatic heterocycles. The van der Waals surface area contributed by atoms with Gasteiger partial charge in [0.2, 0.25) is 0 Å². The van der Waals surface area contributed by atoms with Gasteiger partial charge in [-0.2, -0.15) is 5.10 Å². The summed E-state index contributed by atoms with van der Waals surface area (Å²) in [6.07, 6.45) is 1.78. The number of nitrogens with one attached hydrogen (secondary N) is 2. The molecule has 0 radical (unpaired) electrons. The molecule has 4 aromatic rings. The minimum absolute atomic E-state index is 0.606. The molecule has 0 atom stereocenters. The maximum atomic E-state index is 4.24.